The number of rotatable bonds is 4. The number of halogens is 1. The van der Waals surface area contributed by atoms with E-state index < -0.39 is 0 Å². The van der Waals surface area contributed by atoms with Gasteiger partial charge in [0, 0.05) is 6.54 Å². The zero-order valence-corrected chi connectivity index (χ0v) is 15.8. The molecule has 30 heavy (non-hydrogen) atoms. The van der Waals surface area contributed by atoms with Gasteiger partial charge < -0.3 is 11.1 Å². The summed E-state index contributed by atoms with van der Waals surface area (Å²) in [5, 5.41) is 7.64. The number of nitrogen functional groups attached to an aromatic ring is 1. The van der Waals surface area contributed by atoms with Gasteiger partial charge in [-0.05, 0) is 42.0 Å². The lowest BCUT2D eigenvalue weighted by Gasteiger charge is -2.10. The van der Waals surface area contributed by atoms with Crippen LogP contribution in [-0.2, 0) is 6.54 Å². The zero-order valence-electron chi connectivity index (χ0n) is 15.8. The maximum atomic E-state index is 13.5. The molecule has 148 valence electrons. The number of aromatic nitrogens is 4. The molecule has 0 aliphatic rings. The Bertz CT molecular complexity index is 1440. The van der Waals surface area contributed by atoms with Gasteiger partial charge >= 0.3 is 5.69 Å². The summed E-state index contributed by atoms with van der Waals surface area (Å²) in [6, 6.07) is 20.9. The highest BCUT2D eigenvalue weighted by molar-refractivity contribution is 5.91. The SMILES string of the molecule is Nc1nc2c(NCc3cccc(F)c3)cccc2n2c(=O)n(-c3ccccc3)nc12. The van der Waals surface area contributed by atoms with Crippen molar-refractivity contribution in [3.8, 4) is 5.69 Å². The molecule has 2 aromatic heterocycles. The second-order valence-corrected chi connectivity index (χ2v) is 6.84. The number of nitrogens with two attached hydrogens (primary N) is 1. The second-order valence-electron chi connectivity index (χ2n) is 6.84. The third-order valence-electron chi connectivity index (χ3n) is 4.87. The maximum absolute atomic E-state index is 13.5. The Labute approximate surface area is 170 Å². The molecule has 0 atom stereocenters. The van der Waals surface area contributed by atoms with E-state index in [1.165, 1.54) is 21.2 Å². The summed E-state index contributed by atoms with van der Waals surface area (Å²) in [4.78, 5) is 17.6. The van der Waals surface area contributed by atoms with Crippen molar-refractivity contribution in [2.45, 2.75) is 6.54 Å². The minimum Gasteiger partial charge on any atom is -0.381 e. The Kier molecular flexibility index (Phi) is 4.17. The highest BCUT2D eigenvalue weighted by Gasteiger charge is 2.17. The van der Waals surface area contributed by atoms with E-state index in [1.54, 1.807) is 24.3 Å². The number of fused-ring (bicyclic) bond motifs is 3. The van der Waals surface area contributed by atoms with E-state index in [9.17, 15) is 9.18 Å². The lowest BCUT2D eigenvalue weighted by molar-refractivity contribution is 0.626. The Hall–Kier alpha value is -4.20. The molecule has 5 rings (SSSR count). The summed E-state index contributed by atoms with van der Waals surface area (Å²) in [5.74, 6) is -0.148. The highest BCUT2D eigenvalue weighted by Crippen LogP contribution is 2.25. The smallest absolute Gasteiger partial charge is 0.355 e. The summed E-state index contributed by atoms with van der Waals surface area (Å²) in [6.45, 7) is 0.397. The zero-order chi connectivity index (χ0) is 20.7. The molecule has 0 unspecified atom stereocenters. The minimum absolute atomic E-state index is 0.147. The van der Waals surface area contributed by atoms with Crippen molar-refractivity contribution < 1.29 is 4.39 Å². The van der Waals surface area contributed by atoms with E-state index >= 15 is 0 Å². The van der Waals surface area contributed by atoms with Gasteiger partial charge in [0.15, 0.2) is 5.82 Å². The van der Waals surface area contributed by atoms with Crippen LogP contribution in [0.3, 0.4) is 0 Å². The molecule has 0 saturated heterocycles. The average Bonchev–Trinajstić information content (AvgIpc) is 3.11. The molecular weight excluding hydrogens is 383 g/mol. The van der Waals surface area contributed by atoms with Gasteiger partial charge in [-0.25, -0.2) is 18.6 Å². The average molecular weight is 400 g/mol. The number of hydrogen-bond acceptors (Lipinski definition) is 5. The normalized spacial score (nSPS) is 11.2. The summed E-state index contributed by atoms with van der Waals surface area (Å²) in [5.41, 5.74) is 9.33. The summed E-state index contributed by atoms with van der Waals surface area (Å²) in [6.07, 6.45) is 0. The first kappa shape index (κ1) is 17.9. The largest absolute Gasteiger partial charge is 0.381 e. The van der Waals surface area contributed by atoms with Gasteiger partial charge in [0.1, 0.15) is 11.3 Å². The number of hydrogen-bond donors (Lipinski definition) is 2. The maximum Gasteiger partial charge on any atom is 0.355 e. The minimum atomic E-state index is -0.336. The molecule has 0 bridgehead atoms. The Morgan fingerprint density at radius 2 is 1.80 bits per heavy atom. The van der Waals surface area contributed by atoms with Crippen molar-refractivity contribution in [3.05, 3.63) is 94.7 Å². The van der Waals surface area contributed by atoms with Crippen molar-refractivity contribution in [3.63, 3.8) is 0 Å². The van der Waals surface area contributed by atoms with Crippen molar-refractivity contribution in [1.82, 2.24) is 19.2 Å². The van der Waals surface area contributed by atoms with Gasteiger partial charge in [0.2, 0.25) is 5.65 Å². The van der Waals surface area contributed by atoms with E-state index in [1.807, 2.05) is 36.4 Å². The van der Waals surface area contributed by atoms with Crippen molar-refractivity contribution >= 4 is 28.2 Å². The summed E-state index contributed by atoms with van der Waals surface area (Å²) in [7, 11) is 0. The van der Waals surface area contributed by atoms with Crippen LogP contribution in [0.1, 0.15) is 5.56 Å². The van der Waals surface area contributed by atoms with Gasteiger partial charge in [-0.2, -0.15) is 4.68 Å². The Morgan fingerprint density at radius 1 is 1.00 bits per heavy atom. The molecule has 2 heterocycles. The van der Waals surface area contributed by atoms with Gasteiger partial charge in [0.05, 0.1) is 16.9 Å². The fraction of sp³-hybridized carbons (Fsp3) is 0.0455. The number of anilines is 2. The van der Waals surface area contributed by atoms with Gasteiger partial charge in [-0.15, -0.1) is 5.10 Å². The van der Waals surface area contributed by atoms with Crippen LogP contribution in [0, 0.1) is 5.82 Å². The molecule has 0 spiro atoms. The van der Waals surface area contributed by atoms with E-state index in [2.05, 4.69) is 15.4 Å². The predicted octanol–water partition coefficient (Wildman–Crippen LogP) is 3.37. The van der Waals surface area contributed by atoms with Gasteiger partial charge in [-0.1, -0.05) is 36.4 Å². The fourth-order valence-corrected chi connectivity index (χ4v) is 3.47. The van der Waals surface area contributed by atoms with Crippen LogP contribution in [0.2, 0.25) is 0 Å². The molecule has 0 aliphatic carbocycles. The molecule has 0 saturated carbocycles. The predicted molar refractivity (Wildman–Crippen MR) is 114 cm³/mol. The molecular formula is C22H17FN6O. The first-order chi connectivity index (χ1) is 14.6. The molecule has 0 amide bonds. The first-order valence-electron chi connectivity index (χ1n) is 9.35. The summed E-state index contributed by atoms with van der Waals surface area (Å²) >= 11 is 0. The van der Waals surface area contributed by atoms with Crippen LogP contribution in [0.15, 0.2) is 77.6 Å². The molecule has 3 N–H and O–H groups in total. The third kappa shape index (κ3) is 2.95. The standard InChI is InChI=1S/C22H17FN6O/c23-15-7-4-6-14(12-15)13-25-17-10-5-11-18-19(17)26-20(24)21-27-29(22(30)28(18)21)16-8-2-1-3-9-16/h1-12,25H,13H2,(H2,24,26). The Balaban J connectivity index is 1.65. The summed E-state index contributed by atoms with van der Waals surface area (Å²) < 4.78 is 16.2. The number of benzene rings is 3. The van der Waals surface area contributed by atoms with Crippen LogP contribution in [0.4, 0.5) is 15.9 Å². The van der Waals surface area contributed by atoms with Gasteiger partial charge in [-0.3, -0.25) is 0 Å². The first-order valence-corrected chi connectivity index (χ1v) is 9.35. The van der Waals surface area contributed by atoms with E-state index in [4.69, 9.17) is 5.73 Å². The quantitative estimate of drug-likeness (QED) is 0.483. The lowest BCUT2D eigenvalue weighted by atomic mass is 10.2. The van der Waals surface area contributed by atoms with Crippen LogP contribution >= 0.6 is 0 Å². The molecule has 0 aliphatic heterocycles. The fourth-order valence-electron chi connectivity index (χ4n) is 3.47. The molecule has 5 aromatic rings. The van der Waals surface area contributed by atoms with Crippen molar-refractivity contribution in [1.29, 1.82) is 0 Å². The van der Waals surface area contributed by atoms with Crippen molar-refractivity contribution in [2.75, 3.05) is 11.1 Å². The van der Waals surface area contributed by atoms with Crippen LogP contribution in [-0.4, -0.2) is 19.2 Å². The molecule has 7 nitrogen and oxygen atoms in total. The van der Waals surface area contributed by atoms with E-state index in [0.29, 0.717) is 34.6 Å². The number of nitrogens with zero attached hydrogens (tertiary/aromatic N) is 4. The second kappa shape index (κ2) is 7.00. The van der Waals surface area contributed by atoms with Crippen molar-refractivity contribution in [2.24, 2.45) is 0 Å². The number of para-hydroxylation sites is 2. The monoisotopic (exact) mass is 400 g/mol. The van der Waals surface area contributed by atoms with E-state index in [0.717, 1.165) is 5.56 Å². The van der Waals surface area contributed by atoms with Crippen LogP contribution in [0.5, 0.6) is 0 Å². The van der Waals surface area contributed by atoms with Crippen LogP contribution in [0.25, 0.3) is 22.4 Å². The van der Waals surface area contributed by atoms with Crippen LogP contribution < -0.4 is 16.7 Å². The lowest BCUT2D eigenvalue weighted by Crippen LogP contribution is -2.20. The molecule has 8 heteroatoms. The topological polar surface area (TPSA) is 90.2 Å². The highest BCUT2D eigenvalue weighted by atomic mass is 19.1. The van der Waals surface area contributed by atoms with Gasteiger partial charge in [0.25, 0.3) is 0 Å². The molecule has 3 aromatic carbocycles. The number of nitrogens with one attached hydrogen (secondary N) is 1. The molecule has 0 fully saturated rings. The van der Waals surface area contributed by atoms with E-state index in [-0.39, 0.29) is 17.3 Å². The Morgan fingerprint density at radius 3 is 2.60 bits per heavy atom. The third-order valence-corrected chi connectivity index (χ3v) is 4.87. The molecule has 0 radical (unpaired) electrons.